The van der Waals surface area contributed by atoms with E-state index in [0.717, 1.165) is 5.57 Å². The summed E-state index contributed by atoms with van der Waals surface area (Å²) < 4.78 is 0. The van der Waals surface area contributed by atoms with E-state index in [1.807, 2.05) is 66.8 Å². The summed E-state index contributed by atoms with van der Waals surface area (Å²) in [4.78, 5) is 0. The number of allylic oxidation sites excluding steroid dienone is 10. The van der Waals surface area contributed by atoms with Gasteiger partial charge in [0.15, 0.2) is 0 Å². The molecule has 2 aliphatic rings. The van der Waals surface area contributed by atoms with Gasteiger partial charge in [0.1, 0.15) is 5.60 Å². The summed E-state index contributed by atoms with van der Waals surface area (Å²) in [5.74, 6) is 0. The Morgan fingerprint density at radius 1 is 0.688 bits per heavy atom. The number of fused-ring (bicyclic) bond motifs is 1. The molecule has 0 radical (unpaired) electrons. The molecule has 80 valence electrons. The molecule has 1 nitrogen and oxygen atoms in total. The van der Waals surface area contributed by atoms with Crippen LogP contribution < -0.4 is 0 Å². The number of hydrogen-bond acceptors (Lipinski definition) is 1. The molecule has 1 atom stereocenters. The molecule has 0 bridgehead atoms. The standard InChI is InChI=1S/C15H14O/c16-15-12-8-6-4-2-1-3-5-7-10-14(15)11-9-13-15/h1-13,16H/b2-1+,5-3-,6-4-,10-7-,12-8?. The van der Waals surface area contributed by atoms with Crippen molar-refractivity contribution in [3.63, 3.8) is 0 Å². The largest absolute Gasteiger partial charge is 0.377 e. The molecule has 1 heteroatoms. The summed E-state index contributed by atoms with van der Waals surface area (Å²) in [5, 5.41) is 10.3. The van der Waals surface area contributed by atoms with Crippen molar-refractivity contribution in [2.24, 2.45) is 0 Å². The van der Waals surface area contributed by atoms with Crippen LogP contribution in [0.15, 0.2) is 84.6 Å². The molecule has 0 saturated heterocycles. The van der Waals surface area contributed by atoms with Crippen molar-refractivity contribution in [1.29, 1.82) is 0 Å². The minimum absolute atomic E-state index is 0.881. The first kappa shape index (κ1) is 10.7. The van der Waals surface area contributed by atoms with Crippen LogP contribution in [0.25, 0.3) is 0 Å². The predicted molar refractivity (Wildman–Crippen MR) is 67.9 cm³/mol. The van der Waals surface area contributed by atoms with E-state index in [9.17, 15) is 5.11 Å². The van der Waals surface area contributed by atoms with Gasteiger partial charge in [-0.15, -0.1) is 0 Å². The Kier molecular flexibility index (Phi) is 3.18. The second-order valence-electron chi connectivity index (χ2n) is 3.68. The molecule has 0 aromatic carbocycles. The zero-order valence-corrected chi connectivity index (χ0v) is 8.95. The molecule has 2 aliphatic carbocycles. The molecule has 0 saturated carbocycles. The smallest absolute Gasteiger partial charge is 0.127 e. The quantitative estimate of drug-likeness (QED) is 0.651. The van der Waals surface area contributed by atoms with Crippen LogP contribution in [-0.2, 0) is 0 Å². The third-order valence-electron chi connectivity index (χ3n) is 2.49. The molecular formula is C15H14O. The van der Waals surface area contributed by atoms with Gasteiger partial charge < -0.3 is 5.11 Å². The zero-order chi connectivity index (χ0) is 11.3. The van der Waals surface area contributed by atoms with Crippen molar-refractivity contribution in [2.75, 3.05) is 0 Å². The second kappa shape index (κ2) is 4.77. The van der Waals surface area contributed by atoms with Crippen LogP contribution in [0.5, 0.6) is 0 Å². The highest BCUT2D eigenvalue weighted by molar-refractivity contribution is 5.48. The summed E-state index contributed by atoms with van der Waals surface area (Å²) >= 11 is 0. The van der Waals surface area contributed by atoms with Crippen molar-refractivity contribution >= 4 is 0 Å². The van der Waals surface area contributed by atoms with E-state index in [2.05, 4.69) is 0 Å². The Morgan fingerprint density at radius 3 is 2.00 bits per heavy atom. The highest BCUT2D eigenvalue weighted by atomic mass is 16.3. The van der Waals surface area contributed by atoms with Crippen LogP contribution in [0.3, 0.4) is 0 Å². The Hall–Kier alpha value is -1.86. The van der Waals surface area contributed by atoms with Crippen molar-refractivity contribution in [3.05, 3.63) is 84.6 Å². The van der Waals surface area contributed by atoms with Gasteiger partial charge in [0.2, 0.25) is 0 Å². The molecule has 1 unspecified atom stereocenters. The topological polar surface area (TPSA) is 20.2 Å². The van der Waals surface area contributed by atoms with E-state index < -0.39 is 5.60 Å². The number of aliphatic hydroxyl groups is 1. The summed E-state index contributed by atoms with van der Waals surface area (Å²) in [5.41, 5.74) is -0.0798. The van der Waals surface area contributed by atoms with Gasteiger partial charge in [-0.05, 0) is 17.7 Å². The normalized spacial score (nSPS) is 35.4. The first-order valence-electron chi connectivity index (χ1n) is 5.29. The molecule has 0 aliphatic heterocycles. The maximum Gasteiger partial charge on any atom is 0.127 e. The van der Waals surface area contributed by atoms with Gasteiger partial charge in [0.05, 0.1) is 0 Å². The van der Waals surface area contributed by atoms with Crippen molar-refractivity contribution in [2.45, 2.75) is 5.60 Å². The molecule has 1 N–H and O–H groups in total. The Bertz CT molecular complexity index is 456. The highest BCUT2D eigenvalue weighted by Crippen LogP contribution is 2.27. The fraction of sp³-hybridized carbons (Fsp3) is 0.0667. The van der Waals surface area contributed by atoms with E-state index >= 15 is 0 Å². The van der Waals surface area contributed by atoms with E-state index in [0.29, 0.717) is 0 Å². The molecule has 0 aromatic heterocycles. The lowest BCUT2D eigenvalue weighted by Crippen LogP contribution is -2.22. The highest BCUT2D eigenvalue weighted by Gasteiger charge is 2.25. The maximum absolute atomic E-state index is 10.3. The summed E-state index contributed by atoms with van der Waals surface area (Å²) in [7, 11) is 0. The summed E-state index contributed by atoms with van der Waals surface area (Å²) in [6, 6.07) is 0. The van der Waals surface area contributed by atoms with Gasteiger partial charge >= 0.3 is 0 Å². The average Bonchev–Trinajstić information content (AvgIpc) is 2.61. The number of hydrogen-bond donors (Lipinski definition) is 1. The van der Waals surface area contributed by atoms with Gasteiger partial charge in [-0.1, -0.05) is 66.8 Å². The van der Waals surface area contributed by atoms with Crippen LogP contribution in [0.1, 0.15) is 0 Å². The van der Waals surface area contributed by atoms with Crippen LogP contribution >= 0.6 is 0 Å². The van der Waals surface area contributed by atoms with Crippen LogP contribution in [0, 0.1) is 0 Å². The van der Waals surface area contributed by atoms with Crippen molar-refractivity contribution < 1.29 is 5.11 Å². The van der Waals surface area contributed by atoms with Crippen LogP contribution in [-0.4, -0.2) is 10.7 Å². The minimum Gasteiger partial charge on any atom is -0.377 e. The molecule has 16 heavy (non-hydrogen) atoms. The molecule has 2 rings (SSSR count). The monoisotopic (exact) mass is 210 g/mol. The molecule has 0 aromatic rings. The number of rotatable bonds is 0. The van der Waals surface area contributed by atoms with E-state index in [4.69, 9.17) is 0 Å². The van der Waals surface area contributed by atoms with Crippen molar-refractivity contribution in [1.82, 2.24) is 0 Å². The van der Waals surface area contributed by atoms with E-state index in [-0.39, 0.29) is 0 Å². The molecule has 0 fully saturated rings. The molecule has 0 heterocycles. The van der Waals surface area contributed by atoms with Crippen LogP contribution in [0.2, 0.25) is 0 Å². The van der Waals surface area contributed by atoms with Crippen LogP contribution in [0.4, 0.5) is 0 Å². The van der Waals surface area contributed by atoms with Gasteiger partial charge in [0.25, 0.3) is 0 Å². The lowest BCUT2D eigenvalue weighted by molar-refractivity contribution is 0.188. The van der Waals surface area contributed by atoms with Gasteiger partial charge in [-0.25, -0.2) is 0 Å². The first-order chi connectivity index (χ1) is 7.81. The van der Waals surface area contributed by atoms with E-state index in [1.165, 1.54) is 0 Å². The predicted octanol–water partition coefficient (Wildman–Crippen LogP) is 3.01. The fourth-order valence-corrected chi connectivity index (χ4v) is 1.62. The summed E-state index contributed by atoms with van der Waals surface area (Å²) in [6.07, 6.45) is 24.7. The SMILES string of the molecule is OC12C=CC=C1\C=C/C=C\C=C\C=C/C=C2. The Labute approximate surface area is 95.8 Å². The second-order valence-corrected chi connectivity index (χ2v) is 3.68. The Balaban J connectivity index is 2.34. The Morgan fingerprint density at radius 2 is 1.25 bits per heavy atom. The van der Waals surface area contributed by atoms with Gasteiger partial charge in [-0.2, -0.15) is 0 Å². The fourth-order valence-electron chi connectivity index (χ4n) is 1.62. The lowest BCUT2D eigenvalue weighted by atomic mass is 9.96. The maximum atomic E-state index is 10.3. The van der Waals surface area contributed by atoms with Gasteiger partial charge in [0, 0.05) is 0 Å². The third kappa shape index (κ3) is 2.38. The van der Waals surface area contributed by atoms with E-state index in [1.54, 1.807) is 12.2 Å². The third-order valence-corrected chi connectivity index (χ3v) is 2.49. The molecule has 0 spiro atoms. The molecule has 0 amide bonds. The lowest BCUT2D eigenvalue weighted by Gasteiger charge is -2.18. The minimum atomic E-state index is -0.961. The first-order valence-corrected chi connectivity index (χ1v) is 5.29. The zero-order valence-electron chi connectivity index (χ0n) is 8.95. The molecular weight excluding hydrogens is 196 g/mol. The summed E-state index contributed by atoms with van der Waals surface area (Å²) in [6.45, 7) is 0. The average molecular weight is 210 g/mol. The van der Waals surface area contributed by atoms with Gasteiger partial charge in [-0.3, -0.25) is 0 Å². The van der Waals surface area contributed by atoms with Crippen molar-refractivity contribution in [3.8, 4) is 0 Å².